The van der Waals surface area contributed by atoms with Crippen LogP contribution >= 0.6 is 0 Å². The highest BCUT2D eigenvalue weighted by Crippen LogP contribution is 2.25. The molecule has 2 heterocycles. The van der Waals surface area contributed by atoms with Gasteiger partial charge in [0.2, 0.25) is 11.8 Å². The van der Waals surface area contributed by atoms with Crippen LogP contribution in [0.5, 0.6) is 0 Å². The predicted octanol–water partition coefficient (Wildman–Crippen LogP) is 0.575. The zero-order chi connectivity index (χ0) is 17.7. The van der Waals surface area contributed by atoms with Crippen LogP contribution in [0.2, 0.25) is 0 Å². The number of nitrogens with zero attached hydrogens (tertiary/aromatic N) is 2. The van der Waals surface area contributed by atoms with Crippen molar-refractivity contribution < 1.29 is 14.4 Å². The van der Waals surface area contributed by atoms with E-state index >= 15 is 0 Å². The van der Waals surface area contributed by atoms with Gasteiger partial charge in [0.05, 0.1) is 5.92 Å². The number of hydrogen-bond donors (Lipinski definition) is 2. The largest absolute Gasteiger partial charge is 0.354 e. The summed E-state index contributed by atoms with van der Waals surface area (Å²) in [6.45, 7) is 6.98. The van der Waals surface area contributed by atoms with Crippen LogP contribution in [0, 0.1) is 5.92 Å². The standard InChI is InChI=1S/C17H24N4O3/c1-17(2,3)21-11-13(10-14(21)22)16(24)20-9-8-19-15(23)12-4-6-18-7-5-12/h4-7,13H,8-11H2,1-3H3,(H,19,23)(H,20,24). The van der Waals surface area contributed by atoms with Gasteiger partial charge < -0.3 is 15.5 Å². The molecule has 1 aromatic rings. The number of rotatable bonds is 5. The molecule has 0 saturated carbocycles. The van der Waals surface area contributed by atoms with E-state index in [4.69, 9.17) is 0 Å². The number of hydrogen-bond acceptors (Lipinski definition) is 4. The Morgan fingerprint density at radius 1 is 1.21 bits per heavy atom. The molecule has 2 rings (SSSR count). The molecule has 3 amide bonds. The molecule has 1 saturated heterocycles. The van der Waals surface area contributed by atoms with Gasteiger partial charge in [0.15, 0.2) is 0 Å². The molecule has 24 heavy (non-hydrogen) atoms. The number of likely N-dealkylation sites (tertiary alicyclic amines) is 1. The van der Waals surface area contributed by atoms with Gasteiger partial charge in [-0.1, -0.05) is 0 Å². The molecule has 0 aliphatic carbocycles. The second-order valence-corrected chi connectivity index (χ2v) is 6.86. The third kappa shape index (κ3) is 4.53. The molecule has 0 radical (unpaired) electrons. The lowest BCUT2D eigenvalue weighted by molar-refractivity contribution is -0.132. The quantitative estimate of drug-likeness (QED) is 0.772. The van der Waals surface area contributed by atoms with E-state index in [-0.39, 0.29) is 35.6 Å². The molecule has 1 unspecified atom stereocenters. The molecule has 1 aromatic heterocycles. The first-order valence-electron chi connectivity index (χ1n) is 8.05. The molecule has 1 aliphatic rings. The molecule has 7 nitrogen and oxygen atoms in total. The Hall–Kier alpha value is -2.44. The van der Waals surface area contributed by atoms with Crippen LogP contribution in [-0.4, -0.2) is 52.8 Å². The number of carbonyl (C=O) groups is 3. The summed E-state index contributed by atoms with van der Waals surface area (Å²) in [6.07, 6.45) is 3.34. The fourth-order valence-electron chi connectivity index (χ4n) is 2.64. The third-order valence-electron chi connectivity index (χ3n) is 3.96. The van der Waals surface area contributed by atoms with E-state index in [0.717, 1.165) is 0 Å². The Kier molecular flexibility index (Phi) is 5.54. The molecule has 1 atom stereocenters. The van der Waals surface area contributed by atoms with Crippen molar-refractivity contribution in [2.24, 2.45) is 5.92 Å². The van der Waals surface area contributed by atoms with Crippen LogP contribution in [-0.2, 0) is 9.59 Å². The number of carbonyl (C=O) groups excluding carboxylic acids is 3. The molecule has 7 heteroatoms. The van der Waals surface area contributed by atoms with Gasteiger partial charge in [-0.05, 0) is 32.9 Å². The maximum absolute atomic E-state index is 12.2. The minimum atomic E-state index is -0.326. The fourth-order valence-corrected chi connectivity index (χ4v) is 2.64. The molecular formula is C17H24N4O3. The summed E-state index contributed by atoms with van der Waals surface area (Å²) in [7, 11) is 0. The first-order valence-corrected chi connectivity index (χ1v) is 8.05. The maximum atomic E-state index is 12.2. The van der Waals surface area contributed by atoms with Crippen molar-refractivity contribution in [3.05, 3.63) is 30.1 Å². The van der Waals surface area contributed by atoms with E-state index in [9.17, 15) is 14.4 Å². The van der Waals surface area contributed by atoms with Crippen molar-refractivity contribution in [1.82, 2.24) is 20.5 Å². The van der Waals surface area contributed by atoms with Gasteiger partial charge in [-0.25, -0.2) is 0 Å². The second kappa shape index (κ2) is 7.42. The highest BCUT2D eigenvalue weighted by Gasteiger charge is 2.39. The minimum absolute atomic E-state index is 0.00800. The highest BCUT2D eigenvalue weighted by atomic mass is 16.2. The van der Waals surface area contributed by atoms with Crippen molar-refractivity contribution in [2.75, 3.05) is 19.6 Å². The van der Waals surface area contributed by atoms with Gasteiger partial charge in [-0.3, -0.25) is 19.4 Å². The molecule has 0 aromatic carbocycles. The zero-order valence-electron chi connectivity index (χ0n) is 14.3. The summed E-state index contributed by atoms with van der Waals surface area (Å²) >= 11 is 0. The third-order valence-corrected chi connectivity index (χ3v) is 3.96. The molecule has 1 fully saturated rings. The summed E-state index contributed by atoms with van der Waals surface area (Å²) in [5.41, 5.74) is 0.253. The summed E-state index contributed by atoms with van der Waals surface area (Å²) < 4.78 is 0. The SMILES string of the molecule is CC(C)(C)N1CC(C(=O)NCCNC(=O)c2ccncc2)CC1=O. The van der Waals surface area contributed by atoms with E-state index in [1.165, 1.54) is 0 Å². The van der Waals surface area contributed by atoms with Crippen molar-refractivity contribution in [3.63, 3.8) is 0 Å². The average Bonchev–Trinajstić information content (AvgIpc) is 2.94. The van der Waals surface area contributed by atoms with Crippen molar-refractivity contribution in [2.45, 2.75) is 32.7 Å². The lowest BCUT2D eigenvalue weighted by Gasteiger charge is -2.31. The monoisotopic (exact) mass is 332 g/mol. The van der Waals surface area contributed by atoms with Crippen LogP contribution in [0.1, 0.15) is 37.6 Å². The molecule has 2 N–H and O–H groups in total. The van der Waals surface area contributed by atoms with E-state index in [2.05, 4.69) is 15.6 Å². The maximum Gasteiger partial charge on any atom is 0.251 e. The van der Waals surface area contributed by atoms with Gasteiger partial charge in [0.1, 0.15) is 0 Å². The van der Waals surface area contributed by atoms with Crippen LogP contribution in [0.4, 0.5) is 0 Å². The molecule has 1 aliphatic heterocycles. The van der Waals surface area contributed by atoms with Gasteiger partial charge in [-0.2, -0.15) is 0 Å². The Morgan fingerprint density at radius 3 is 2.42 bits per heavy atom. The Morgan fingerprint density at radius 2 is 1.83 bits per heavy atom. The molecule has 130 valence electrons. The first kappa shape index (κ1) is 17.9. The smallest absolute Gasteiger partial charge is 0.251 e. The lowest BCUT2D eigenvalue weighted by atomic mass is 10.1. The van der Waals surface area contributed by atoms with E-state index < -0.39 is 0 Å². The number of pyridine rings is 1. The van der Waals surface area contributed by atoms with Crippen molar-refractivity contribution >= 4 is 17.7 Å². The Labute approximate surface area is 141 Å². The summed E-state index contributed by atoms with van der Waals surface area (Å²) in [6, 6.07) is 3.25. The van der Waals surface area contributed by atoms with Gasteiger partial charge >= 0.3 is 0 Å². The number of amides is 3. The fraction of sp³-hybridized carbons (Fsp3) is 0.529. The van der Waals surface area contributed by atoms with Gasteiger partial charge in [-0.15, -0.1) is 0 Å². The summed E-state index contributed by atoms with van der Waals surface area (Å²) in [5, 5.41) is 5.51. The van der Waals surface area contributed by atoms with Crippen molar-refractivity contribution in [3.8, 4) is 0 Å². The van der Waals surface area contributed by atoms with Crippen LogP contribution in [0.3, 0.4) is 0 Å². The predicted molar refractivity (Wildman–Crippen MR) is 89.2 cm³/mol. The van der Waals surface area contributed by atoms with Crippen LogP contribution in [0.25, 0.3) is 0 Å². The first-order chi connectivity index (χ1) is 11.3. The molecule has 0 spiro atoms. The molecular weight excluding hydrogens is 308 g/mol. The van der Waals surface area contributed by atoms with Gasteiger partial charge in [0.25, 0.3) is 5.91 Å². The van der Waals surface area contributed by atoms with E-state index in [1.54, 1.807) is 29.4 Å². The highest BCUT2D eigenvalue weighted by molar-refractivity contribution is 5.94. The normalized spacial score (nSPS) is 17.7. The van der Waals surface area contributed by atoms with Crippen molar-refractivity contribution in [1.29, 1.82) is 0 Å². The van der Waals surface area contributed by atoms with E-state index in [0.29, 0.717) is 25.2 Å². The number of aromatic nitrogens is 1. The van der Waals surface area contributed by atoms with Crippen LogP contribution < -0.4 is 10.6 Å². The van der Waals surface area contributed by atoms with Crippen LogP contribution in [0.15, 0.2) is 24.5 Å². The minimum Gasteiger partial charge on any atom is -0.354 e. The van der Waals surface area contributed by atoms with E-state index in [1.807, 2.05) is 20.8 Å². The van der Waals surface area contributed by atoms with Gasteiger partial charge in [0, 0.05) is 49.6 Å². The Bertz CT molecular complexity index is 610. The number of nitrogens with one attached hydrogen (secondary N) is 2. The summed E-state index contributed by atoms with van der Waals surface area (Å²) in [4.78, 5) is 41.6. The topological polar surface area (TPSA) is 91.4 Å². The lowest BCUT2D eigenvalue weighted by Crippen LogP contribution is -2.43. The zero-order valence-corrected chi connectivity index (χ0v) is 14.3. The Balaban J connectivity index is 1.72. The average molecular weight is 332 g/mol. The second-order valence-electron chi connectivity index (χ2n) is 6.86. The molecule has 0 bridgehead atoms. The summed E-state index contributed by atoms with van der Waals surface area (Å²) in [5.74, 6) is -0.670.